The molecule has 2 rings (SSSR count). The predicted octanol–water partition coefficient (Wildman–Crippen LogP) is 3.32. The van der Waals surface area contributed by atoms with Crippen LogP contribution in [0.15, 0.2) is 36.5 Å². The van der Waals surface area contributed by atoms with Crippen LogP contribution in [0.2, 0.25) is 0 Å². The Kier molecular flexibility index (Phi) is 9.31. The van der Waals surface area contributed by atoms with Crippen LogP contribution in [-0.2, 0) is 24.8 Å². The van der Waals surface area contributed by atoms with E-state index in [1.807, 2.05) is 44.2 Å². The van der Waals surface area contributed by atoms with Crippen molar-refractivity contribution in [2.75, 3.05) is 20.3 Å². The Morgan fingerprint density at radius 2 is 2.08 bits per heavy atom. The number of nitrogens with zero attached hydrogens (tertiary/aromatic N) is 1. The Morgan fingerprint density at radius 1 is 1.36 bits per heavy atom. The molecule has 1 atom stereocenters. The maximum atomic E-state index is 11.9. The van der Waals surface area contributed by atoms with Gasteiger partial charge in [-0.3, -0.25) is 18.8 Å². The van der Waals surface area contributed by atoms with E-state index in [4.69, 9.17) is 4.89 Å². The van der Waals surface area contributed by atoms with Crippen molar-refractivity contribution in [3.05, 3.63) is 42.1 Å². The Hall–Kier alpha value is -1.79. The summed E-state index contributed by atoms with van der Waals surface area (Å²) in [7, 11) is -2.84. The Labute approximate surface area is 149 Å². The van der Waals surface area contributed by atoms with Gasteiger partial charge in [0.2, 0.25) is 5.91 Å². The lowest BCUT2D eigenvalue weighted by atomic mass is 10.1. The van der Waals surface area contributed by atoms with Crippen molar-refractivity contribution in [3.63, 3.8) is 0 Å². The van der Waals surface area contributed by atoms with Crippen molar-refractivity contribution in [1.29, 1.82) is 0 Å². The summed E-state index contributed by atoms with van der Waals surface area (Å²) in [5, 5.41) is 3.71. The first kappa shape index (κ1) is 21.3. The molecule has 1 aromatic carbocycles. The molecule has 0 aliphatic heterocycles. The van der Waals surface area contributed by atoms with E-state index in [1.54, 1.807) is 6.20 Å². The van der Waals surface area contributed by atoms with E-state index in [0.29, 0.717) is 13.0 Å². The van der Waals surface area contributed by atoms with Gasteiger partial charge in [-0.2, -0.15) is 0 Å². The second kappa shape index (κ2) is 10.9. The number of rotatable bonds is 8. The molecule has 8 heteroatoms. The first-order valence-electron chi connectivity index (χ1n) is 8.13. The van der Waals surface area contributed by atoms with Crippen molar-refractivity contribution >= 4 is 24.6 Å². The van der Waals surface area contributed by atoms with E-state index >= 15 is 0 Å². The van der Waals surface area contributed by atoms with E-state index in [0.717, 1.165) is 23.6 Å². The van der Waals surface area contributed by atoms with Gasteiger partial charge in [-0.1, -0.05) is 32.0 Å². The topological polar surface area (TPSA) is 97.8 Å². The van der Waals surface area contributed by atoms with Crippen molar-refractivity contribution < 1.29 is 24.7 Å². The van der Waals surface area contributed by atoms with E-state index in [-0.39, 0.29) is 20.4 Å². The van der Waals surface area contributed by atoms with Gasteiger partial charge in [0.15, 0.2) is 0 Å². The molecule has 25 heavy (non-hydrogen) atoms. The number of aromatic nitrogens is 1. The minimum Gasteiger partial charge on any atom is -0.356 e. The second-order valence-electron chi connectivity index (χ2n) is 4.90. The molecule has 0 fully saturated rings. The van der Waals surface area contributed by atoms with E-state index in [1.165, 1.54) is 0 Å². The maximum Gasteiger partial charge on any atom is 0.471 e. The number of carbonyl (C=O) groups is 1. The van der Waals surface area contributed by atoms with Gasteiger partial charge in [-0.25, -0.2) is 4.57 Å². The van der Waals surface area contributed by atoms with Gasteiger partial charge in [-0.05, 0) is 24.1 Å². The molecule has 1 amide bonds. The molecule has 2 aromatic rings. The molecule has 1 unspecified atom stereocenters. The normalized spacial score (nSPS) is 12.8. The summed E-state index contributed by atoms with van der Waals surface area (Å²) in [5.41, 5.74) is 1.72. The lowest BCUT2D eigenvalue weighted by Crippen LogP contribution is -2.26. The second-order valence-corrected chi connectivity index (χ2v) is 6.46. The number of benzene rings is 1. The molecule has 0 spiro atoms. The number of phosphoric acid groups is 1. The number of para-hydroxylation sites is 1. The number of pyridine rings is 1. The smallest absolute Gasteiger partial charge is 0.356 e. The Morgan fingerprint density at radius 3 is 2.80 bits per heavy atom. The average Bonchev–Trinajstić information content (AvgIpc) is 2.63. The number of hydrogen-bond donors (Lipinski definition) is 2. The minimum atomic E-state index is -3.94. The van der Waals surface area contributed by atoms with Crippen LogP contribution in [0.1, 0.15) is 27.3 Å². The van der Waals surface area contributed by atoms with E-state index in [9.17, 15) is 9.36 Å². The van der Waals surface area contributed by atoms with Crippen LogP contribution in [0.4, 0.5) is 0 Å². The summed E-state index contributed by atoms with van der Waals surface area (Å²) in [6.07, 6.45) is 2.33. The highest BCUT2D eigenvalue weighted by Crippen LogP contribution is 2.41. The van der Waals surface area contributed by atoms with E-state index in [2.05, 4.69) is 19.3 Å². The van der Waals surface area contributed by atoms with Crippen molar-refractivity contribution in [2.24, 2.45) is 0 Å². The third-order valence-corrected chi connectivity index (χ3v) is 4.11. The molecule has 1 heterocycles. The van der Waals surface area contributed by atoms with Crippen LogP contribution >= 0.6 is 7.82 Å². The molecule has 140 valence electrons. The third kappa shape index (κ3) is 7.75. The zero-order valence-electron chi connectivity index (χ0n) is 14.8. The van der Waals surface area contributed by atoms with Gasteiger partial charge >= 0.3 is 7.82 Å². The van der Waals surface area contributed by atoms with Gasteiger partial charge in [0.05, 0.1) is 18.5 Å². The van der Waals surface area contributed by atoms with E-state index < -0.39 is 7.82 Å². The van der Waals surface area contributed by atoms with Gasteiger partial charge in [-0.15, -0.1) is 0 Å². The predicted molar refractivity (Wildman–Crippen MR) is 99.3 cm³/mol. The first-order valence-corrected chi connectivity index (χ1v) is 9.63. The van der Waals surface area contributed by atoms with Crippen LogP contribution in [0.25, 0.3) is 10.9 Å². The molecule has 0 radical (unpaired) electrons. The summed E-state index contributed by atoms with van der Waals surface area (Å²) < 4.78 is 20.0. The van der Waals surface area contributed by atoms with Crippen molar-refractivity contribution in [1.82, 2.24) is 10.3 Å². The fourth-order valence-corrected chi connectivity index (χ4v) is 2.46. The van der Waals surface area contributed by atoms with Crippen LogP contribution in [0.3, 0.4) is 0 Å². The summed E-state index contributed by atoms with van der Waals surface area (Å²) in [4.78, 5) is 25.2. The molecule has 0 aliphatic rings. The SMILES string of the molecule is CC.COP(=O)(O)OCCCNC(=O)Cc1cnc2ccccc2c1.[HH]. The first-order chi connectivity index (χ1) is 12.0. The minimum absolute atomic E-state index is 0. The Balaban J connectivity index is 0.00000201. The quantitative estimate of drug-likeness (QED) is 0.546. The van der Waals surface area contributed by atoms with Gasteiger partial charge in [0, 0.05) is 26.7 Å². The van der Waals surface area contributed by atoms with Gasteiger partial charge in [0.1, 0.15) is 0 Å². The standard InChI is InChI=1S/C15H19N2O5P.C2H6.H2/c1-21-23(19,20)22-8-4-7-16-15(18)10-12-9-13-5-2-3-6-14(13)17-11-12;1-2;/h2-3,5-6,9,11H,4,7-8,10H2,1H3,(H,16,18)(H,19,20);1-2H3;1H. The molecule has 7 nitrogen and oxygen atoms in total. The average molecular weight is 370 g/mol. The highest BCUT2D eigenvalue weighted by atomic mass is 31.2. The number of nitrogens with one attached hydrogen (secondary N) is 1. The fourth-order valence-electron chi connectivity index (χ4n) is 1.99. The molecule has 0 saturated heterocycles. The van der Waals surface area contributed by atoms with Crippen molar-refractivity contribution in [2.45, 2.75) is 26.7 Å². The van der Waals surface area contributed by atoms with Crippen LogP contribution in [0, 0.1) is 0 Å². The van der Waals surface area contributed by atoms with Gasteiger partial charge in [0.25, 0.3) is 0 Å². The molecular formula is C17H27N2O5P. The molecule has 0 aliphatic carbocycles. The molecular weight excluding hydrogens is 343 g/mol. The van der Waals surface area contributed by atoms with Crippen LogP contribution in [-0.4, -0.2) is 36.0 Å². The number of carbonyl (C=O) groups excluding carboxylic acids is 1. The molecule has 0 bridgehead atoms. The summed E-state index contributed by atoms with van der Waals surface area (Å²) in [5.74, 6) is -0.138. The zero-order valence-corrected chi connectivity index (χ0v) is 15.7. The monoisotopic (exact) mass is 370 g/mol. The highest BCUT2D eigenvalue weighted by molar-refractivity contribution is 7.47. The number of fused-ring (bicyclic) bond motifs is 1. The Bertz CT molecular complexity index is 729. The number of amides is 1. The zero-order chi connectivity index (χ0) is 18.7. The maximum absolute atomic E-state index is 11.9. The van der Waals surface area contributed by atoms with Crippen LogP contribution in [0.5, 0.6) is 0 Å². The lowest BCUT2D eigenvalue weighted by molar-refractivity contribution is -0.120. The van der Waals surface area contributed by atoms with Crippen molar-refractivity contribution in [3.8, 4) is 0 Å². The highest BCUT2D eigenvalue weighted by Gasteiger charge is 2.17. The summed E-state index contributed by atoms with van der Waals surface area (Å²) in [6, 6.07) is 9.64. The fraction of sp³-hybridized carbons (Fsp3) is 0.412. The third-order valence-electron chi connectivity index (χ3n) is 3.14. The lowest BCUT2D eigenvalue weighted by Gasteiger charge is -2.09. The van der Waals surface area contributed by atoms with Crippen LogP contribution < -0.4 is 5.32 Å². The molecule has 1 aromatic heterocycles. The molecule has 0 saturated carbocycles. The summed E-state index contributed by atoms with van der Waals surface area (Å²) in [6.45, 7) is 4.38. The number of hydrogen-bond acceptors (Lipinski definition) is 5. The largest absolute Gasteiger partial charge is 0.471 e. The number of phosphoric ester groups is 1. The molecule has 2 N–H and O–H groups in total. The van der Waals surface area contributed by atoms with Gasteiger partial charge < -0.3 is 10.2 Å². The summed E-state index contributed by atoms with van der Waals surface area (Å²) >= 11 is 0.